The van der Waals surface area contributed by atoms with Crippen molar-refractivity contribution in [1.29, 1.82) is 0 Å². The molecular formula is C24H24N2O6. The molecule has 0 atom stereocenters. The molecule has 1 heterocycles. The maximum absolute atomic E-state index is 12.8. The van der Waals surface area contributed by atoms with Crippen LogP contribution in [0.1, 0.15) is 16.1 Å². The van der Waals surface area contributed by atoms with Gasteiger partial charge in [-0.1, -0.05) is 18.2 Å². The van der Waals surface area contributed by atoms with E-state index in [-0.39, 0.29) is 18.8 Å². The highest BCUT2D eigenvalue weighted by Gasteiger charge is 2.17. The predicted octanol–water partition coefficient (Wildman–Crippen LogP) is 3.26. The van der Waals surface area contributed by atoms with Gasteiger partial charge in [-0.05, 0) is 42.5 Å². The minimum Gasteiger partial charge on any atom is -0.493 e. The van der Waals surface area contributed by atoms with Gasteiger partial charge in [0.25, 0.3) is 11.8 Å². The average Bonchev–Trinajstić information content (AvgIpc) is 3.34. The Balaban J connectivity index is 1.67. The molecule has 0 aliphatic rings. The molecule has 0 aliphatic carbocycles. The Labute approximate surface area is 185 Å². The van der Waals surface area contributed by atoms with Crippen LogP contribution in [0.5, 0.6) is 17.2 Å². The lowest BCUT2D eigenvalue weighted by Gasteiger charge is -2.13. The molecule has 0 bridgehead atoms. The van der Waals surface area contributed by atoms with E-state index in [1.54, 1.807) is 24.3 Å². The molecule has 2 N–H and O–H groups in total. The molecule has 0 radical (unpaired) electrons. The van der Waals surface area contributed by atoms with Crippen molar-refractivity contribution in [2.45, 2.75) is 0 Å². The van der Waals surface area contributed by atoms with Crippen molar-refractivity contribution in [3.05, 3.63) is 83.9 Å². The third-order valence-electron chi connectivity index (χ3n) is 4.37. The second-order valence-electron chi connectivity index (χ2n) is 6.51. The van der Waals surface area contributed by atoms with E-state index in [1.807, 2.05) is 30.3 Å². The first-order valence-electron chi connectivity index (χ1n) is 9.85. The first kappa shape index (κ1) is 22.5. The molecule has 3 rings (SSSR count). The molecule has 8 heteroatoms. The van der Waals surface area contributed by atoms with E-state index in [2.05, 4.69) is 10.6 Å². The summed E-state index contributed by atoms with van der Waals surface area (Å²) in [5.41, 5.74) is 0.327. The van der Waals surface area contributed by atoms with Crippen molar-refractivity contribution in [2.75, 3.05) is 27.4 Å². The molecule has 0 saturated carbocycles. The summed E-state index contributed by atoms with van der Waals surface area (Å²) >= 11 is 0. The SMILES string of the molecule is COc1ccc(C(=O)N/C(=C\c2ccco2)C(=O)NCCOc2ccccc2)cc1OC. The highest BCUT2D eigenvalue weighted by Crippen LogP contribution is 2.27. The summed E-state index contributed by atoms with van der Waals surface area (Å²) in [6, 6.07) is 17.4. The van der Waals surface area contributed by atoms with Gasteiger partial charge in [0.05, 0.1) is 27.0 Å². The molecule has 166 valence electrons. The number of furan rings is 1. The lowest BCUT2D eigenvalue weighted by molar-refractivity contribution is -0.117. The zero-order chi connectivity index (χ0) is 22.8. The topological polar surface area (TPSA) is 99.0 Å². The molecule has 2 aromatic carbocycles. The summed E-state index contributed by atoms with van der Waals surface area (Å²) in [6.45, 7) is 0.517. The molecule has 0 spiro atoms. The van der Waals surface area contributed by atoms with Crippen LogP contribution < -0.4 is 24.8 Å². The van der Waals surface area contributed by atoms with Crippen LogP contribution in [0.2, 0.25) is 0 Å². The normalized spacial score (nSPS) is 10.9. The minimum absolute atomic E-state index is 0.0273. The van der Waals surface area contributed by atoms with Gasteiger partial charge >= 0.3 is 0 Å². The van der Waals surface area contributed by atoms with Crippen LogP contribution in [-0.4, -0.2) is 39.2 Å². The van der Waals surface area contributed by atoms with Crippen molar-refractivity contribution >= 4 is 17.9 Å². The van der Waals surface area contributed by atoms with E-state index < -0.39 is 11.8 Å². The Kier molecular flexibility index (Phi) is 7.91. The fourth-order valence-corrected chi connectivity index (χ4v) is 2.79. The summed E-state index contributed by atoms with van der Waals surface area (Å²) in [5.74, 6) is 1.05. The first-order valence-corrected chi connectivity index (χ1v) is 9.85. The zero-order valence-electron chi connectivity index (χ0n) is 17.8. The summed E-state index contributed by atoms with van der Waals surface area (Å²) < 4.78 is 21.3. The largest absolute Gasteiger partial charge is 0.493 e. The third-order valence-corrected chi connectivity index (χ3v) is 4.37. The standard InChI is InChI=1S/C24H24N2O6/c1-29-21-11-10-17(15-22(21)30-2)23(27)26-20(16-19-9-6-13-31-19)24(28)25-12-14-32-18-7-4-3-5-8-18/h3-11,13,15-16H,12,14H2,1-2H3,(H,25,28)(H,26,27)/b20-16-. The van der Waals surface area contributed by atoms with Gasteiger partial charge in [0.15, 0.2) is 11.5 Å². The van der Waals surface area contributed by atoms with Gasteiger partial charge in [0, 0.05) is 11.6 Å². The molecule has 32 heavy (non-hydrogen) atoms. The van der Waals surface area contributed by atoms with Crippen LogP contribution in [0.3, 0.4) is 0 Å². The molecular weight excluding hydrogens is 412 g/mol. The van der Waals surface area contributed by atoms with Crippen LogP contribution in [0.15, 0.2) is 77.0 Å². The number of hydrogen-bond donors (Lipinski definition) is 2. The number of carbonyl (C=O) groups is 2. The molecule has 2 amide bonds. The molecule has 0 unspecified atom stereocenters. The van der Waals surface area contributed by atoms with E-state index in [4.69, 9.17) is 18.6 Å². The van der Waals surface area contributed by atoms with E-state index in [0.29, 0.717) is 28.6 Å². The van der Waals surface area contributed by atoms with Crippen LogP contribution in [0.25, 0.3) is 6.08 Å². The number of amides is 2. The molecule has 0 saturated heterocycles. The number of methoxy groups -OCH3 is 2. The van der Waals surface area contributed by atoms with Gasteiger partial charge in [-0.25, -0.2) is 0 Å². The van der Waals surface area contributed by atoms with Crippen LogP contribution >= 0.6 is 0 Å². The van der Waals surface area contributed by atoms with E-state index in [9.17, 15) is 9.59 Å². The Bertz CT molecular complexity index is 1060. The number of carbonyl (C=O) groups excluding carboxylic acids is 2. The van der Waals surface area contributed by atoms with Crippen LogP contribution in [-0.2, 0) is 4.79 Å². The molecule has 1 aromatic heterocycles. The van der Waals surface area contributed by atoms with E-state index >= 15 is 0 Å². The predicted molar refractivity (Wildman–Crippen MR) is 119 cm³/mol. The van der Waals surface area contributed by atoms with Gasteiger partial charge < -0.3 is 29.3 Å². The van der Waals surface area contributed by atoms with E-state index in [0.717, 1.165) is 0 Å². The number of rotatable bonds is 10. The lowest BCUT2D eigenvalue weighted by Crippen LogP contribution is -2.36. The zero-order valence-corrected chi connectivity index (χ0v) is 17.8. The van der Waals surface area contributed by atoms with Crippen LogP contribution in [0.4, 0.5) is 0 Å². The Morgan fingerprint density at radius 3 is 2.44 bits per heavy atom. The van der Waals surface area contributed by atoms with Gasteiger partial charge in [-0.2, -0.15) is 0 Å². The fourth-order valence-electron chi connectivity index (χ4n) is 2.79. The summed E-state index contributed by atoms with van der Waals surface area (Å²) in [5, 5.41) is 5.36. The summed E-state index contributed by atoms with van der Waals surface area (Å²) in [7, 11) is 2.99. The fraction of sp³-hybridized carbons (Fsp3) is 0.167. The summed E-state index contributed by atoms with van der Waals surface area (Å²) in [6.07, 6.45) is 2.93. The van der Waals surface area contributed by atoms with Gasteiger partial charge in [0.1, 0.15) is 23.8 Å². The van der Waals surface area contributed by atoms with Crippen molar-refractivity contribution < 1.29 is 28.2 Å². The average molecular weight is 436 g/mol. The van der Waals surface area contributed by atoms with Crippen molar-refractivity contribution in [3.63, 3.8) is 0 Å². The number of para-hydroxylation sites is 1. The summed E-state index contributed by atoms with van der Waals surface area (Å²) in [4.78, 5) is 25.5. The second kappa shape index (κ2) is 11.3. The minimum atomic E-state index is -0.487. The number of ether oxygens (including phenoxy) is 3. The maximum atomic E-state index is 12.8. The van der Waals surface area contributed by atoms with Gasteiger partial charge in [0.2, 0.25) is 0 Å². The van der Waals surface area contributed by atoms with Gasteiger partial charge in [-0.3, -0.25) is 9.59 Å². The third kappa shape index (κ3) is 6.15. The van der Waals surface area contributed by atoms with Crippen LogP contribution in [0, 0.1) is 0 Å². The maximum Gasteiger partial charge on any atom is 0.268 e. The van der Waals surface area contributed by atoms with Crippen molar-refractivity contribution in [3.8, 4) is 17.2 Å². The highest BCUT2D eigenvalue weighted by atomic mass is 16.5. The molecule has 8 nitrogen and oxygen atoms in total. The molecule has 3 aromatic rings. The van der Waals surface area contributed by atoms with E-state index in [1.165, 1.54) is 32.6 Å². The number of benzene rings is 2. The number of nitrogens with one attached hydrogen (secondary N) is 2. The molecule has 0 aliphatic heterocycles. The lowest BCUT2D eigenvalue weighted by atomic mass is 10.1. The monoisotopic (exact) mass is 436 g/mol. The highest BCUT2D eigenvalue weighted by molar-refractivity contribution is 6.05. The Hall–Kier alpha value is -4.20. The number of hydrogen-bond acceptors (Lipinski definition) is 6. The quantitative estimate of drug-likeness (QED) is 0.374. The Morgan fingerprint density at radius 2 is 1.75 bits per heavy atom. The first-order chi connectivity index (χ1) is 15.6. The van der Waals surface area contributed by atoms with Crippen molar-refractivity contribution in [1.82, 2.24) is 10.6 Å². The smallest absolute Gasteiger partial charge is 0.268 e. The molecule has 0 fully saturated rings. The van der Waals surface area contributed by atoms with Gasteiger partial charge in [-0.15, -0.1) is 0 Å². The Morgan fingerprint density at radius 1 is 0.969 bits per heavy atom. The van der Waals surface area contributed by atoms with Crippen molar-refractivity contribution in [2.24, 2.45) is 0 Å². The second-order valence-corrected chi connectivity index (χ2v) is 6.51.